The maximum Gasteiger partial charge on any atom is 0.264 e. The van der Waals surface area contributed by atoms with Gasteiger partial charge in [0.1, 0.15) is 5.75 Å². The van der Waals surface area contributed by atoms with Crippen molar-refractivity contribution in [3.63, 3.8) is 0 Å². The molecule has 0 aliphatic carbocycles. The molecule has 1 amide bonds. The molecule has 4 aromatic carbocycles. The molecule has 0 radical (unpaired) electrons. The van der Waals surface area contributed by atoms with Crippen LogP contribution in [-0.4, -0.2) is 32.0 Å². The van der Waals surface area contributed by atoms with Crippen molar-refractivity contribution >= 4 is 60.7 Å². The number of ether oxygens (including phenoxy) is 1. The Morgan fingerprint density at radius 3 is 2.55 bits per heavy atom. The number of aryl methyl sites for hydroxylation is 2. The summed E-state index contributed by atoms with van der Waals surface area (Å²) in [6.07, 6.45) is 1.58. The van der Waals surface area contributed by atoms with E-state index < -0.39 is 10.0 Å². The van der Waals surface area contributed by atoms with E-state index in [-0.39, 0.29) is 28.2 Å². The summed E-state index contributed by atoms with van der Waals surface area (Å²) in [6, 6.07) is 25.9. The first-order valence-electron chi connectivity index (χ1n) is 13.2. The van der Waals surface area contributed by atoms with Gasteiger partial charge in [-0.3, -0.25) is 9.10 Å². The number of amides is 1. The molecule has 0 saturated carbocycles. The van der Waals surface area contributed by atoms with Crippen molar-refractivity contribution in [2.24, 2.45) is 0 Å². The van der Waals surface area contributed by atoms with E-state index in [2.05, 4.69) is 28.9 Å². The smallest absolute Gasteiger partial charge is 0.264 e. The van der Waals surface area contributed by atoms with E-state index in [1.54, 1.807) is 0 Å². The van der Waals surface area contributed by atoms with Gasteiger partial charge in [-0.2, -0.15) is 0 Å². The van der Waals surface area contributed by atoms with Crippen LogP contribution < -0.4 is 14.4 Å². The number of halogens is 1. The maximum absolute atomic E-state index is 13.4. The molecule has 0 unspecified atom stereocenters. The van der Waals surface area contributed by atoms with Crippen LogP contribution in [0.2, 0.25) is 5.02 Å². The quantitative estimate of drug-likeness (QED) is 0.237. The molecule has 204 valence electrons. The van der Waals surface area contributed by atoms with Gasteiger partial charge in [-0.25, -0.2) is 8.42 Å². The highest BCUT2D eigenvalue weighted by atomic mass is 35.5. The van der Waals surface area contributed by atoms with Crippen molar-refractivity contribution < 1.29 is 17.9 Å². The lowest BCUT2D eigenvalue weighted by atomic mass is 10.0. The summed E-state index contributed by atoms with van der Waals surface area (Å²) in [5.41, 5.74) is 4.61. The van der Waals surface area contributed by atoms with Gasteiger partial charge >= 0.3 is 0 Å². The zero-order valence-corrected chi connectivity index (χ0v) is 23.5. The molecule has 1 aliphatic rings. The molecule has 9 heteroatoms. The minimum Gasteiger partial charge on any atom is -0.482 e. The minimum atomic E-state index is -3.81. The summed E-state index contributed by atoms with van der Waals surface area (Å²) in [7, 11) is -3.81. The summed E-state index contributed by atoms with van der Waals surface area (Å²) in [6.45, 7) is 3.08. The van der Waals surface area contributed by atoms with Crippen molar-refractivity contribution in [2.45, 2.75) is 31.2 Å². The lowest BCUT2D eigenvalue weighted by molar-refractivity contribution is -0.118. The number of hydrogen-bond donors (Lipinski definition) is 1. The molecule has 1 aromatic heterocycles. The Hall–Kier alpha value is -4.01. The Bertz CT molecular complexity index is 1870. The van der Waals surface area contributed by atoms with Gasteiger partial charge in [0.2, 0.25) is 0 Å². The lowest BCUT2D eigenvalue weighted by Crippen LogP contribution is -2.35. The third-order valence-corrected chi connectivity index (χ3v) is 9.39. The number of rotatable bonds is 7. The van der Waals surface area contributed by atoms with Crippen molar-refractivity contribution in [1.82, 2.24) is 4.57 Å². The van der Waals surface area contributed by atoms with Gasteiger partial charge < -0.3 is 14.6 Å². The SMILES string of the molecule is CCn1c2ccccc2c2cc(NC(=O)COc3ccc(S(=O)(=O)N4CCCc5ccccc54)cc3Cl)ccc21. The molecule has 1 aliphatic heterocycles. The van der Waals surface area contributed by atoms with Crippen LogP contribution >= 0.6 is 11.6 Å². The van der Waals surface area contributed by atoms with E-state index in [0.717, 1.165) is 46.8 Å². The fourth-order valence-electron chi connectivity index (χ4n) is 5.45. The standard InChI is InChI=1S/C31H28ClN3O4S/c1-2-34-28-12-6-4-10-24(28)25-18-22(13-15-29(25)34)33-31(36)20-39-30-16-14-23(19-26(30)32)40(37,38)35-17-7-9-21-8-3-5-11-27(21)35/h3-6,8,10-16,18-19H,2,7,9,17,20H2,1H3,(H,33,36). The molecule has 0 atom stereocenters. The monoisotopic (exact) mass is 573 g/mol. The molecule has 0 spiro atoms. The van der Waals surface area contributed by atoms with Crippen molar-refractivity contribution in [1.29, 1.82) is 0 Å². The number of hydrogen-bond acceptors (Lipinski definition) is 4. The van der Waals surface area contributed by atoms with E-state index in [1.807, 2.05) is 54.6 Å². The number of sulfonamides is 1. The fraction of sp³-hybridized carbons (Fsp3) is 0.194. The zero-order valence-electron chi connectivity index (χ0n) is 21.9. The van der Waals surface area contributed by atoms with Gasteiger partial charge in [-0.15, -0.1) is 0 Å². The number of anilines is 2. The predicted molar refractivity (Wildman–Crippen MR) is 160 cm³/mol. The first kappa shape index (κ1) is 26.2. The maximum atomic E-state index is 13.4. The highest BCUT2D eigenvalue weighted by Gasteiger charge is 2.29. The number of para-hydroxylation sites is 2. The predicted octanol–water partition coefficient (Wildman–Crippen LogP) is 6.63. The number of nitrogens with one attached hydrogen (secondary N) is 1. The number of fused-ring (bicyclic) bond motifs is 4. The zero-order chi connectivity index (χ0) is 27.9. The van der Waals surface area contributed by atoms with Crippen LogP contribution in [0.4, 0.5) is 11.4 Å². The van der Waals surface area contributed by atoms with Crippen LogP contribution in [0.15, 0.2) is 89.8 Å². The Balaban J connectivity index is 1.16. The topological polar surface area (TPSA) is 80.6 Å². The number of aromatic nitrogens is 1. The minimum absolute atomic E-state index is 0.0746. The Kier molecular flexibility index (Phi) is 6.90. The number of carbonyl (C=O) groups excluding carboxylic acids is 1. The van der Waals surface area contributed by atoms with Crippen LogP contribution in [0.5, 0.6) is 5.75 Å². The van der Waals surface area contributed by atoms with E-state index >= 15 is 0 Å². The molecule has 5 aromatic rings. The third kappa shape index (κ3) is 4.67. The molecule has 6 rings (SSSR count). The second kappa shape index (κ2) is 10.5. The Labute approximate surface area is 238 Å². The van der Waals surface area contributed by atoms with E-state index in [0.29, 0.717) is 17.9 Å². The fourth-order valence-corrected chi connectivity index (χ4v) is 7.32. The lowest BCUT2D eigenvalue weighted by Gasteiger charge is -2.30. The highest BCUT2D eigenvalue weighted by molar-refractivity contribution is 7.92. The Morgan fingerprint density at radius 2 is 1.73 bits per heavy atom. The van der Waals surface area contributed by atoms with E-state index in [1.165, 1.54) is 22.5 Å². The van der Waals surface area contributed by atoms with Crippen LogP contribution in [0, 0.1) is 0 Å². The molecule has 0 saturated heterocycles. The van der Waals surface area contributed by atoms with E-state index in [4.69, 9.17) is 16.3 Å². The Morgan fingerprint density at radius 1 is 0.950 bits per heavy atom. The van der Waals surface area contributed by atoms with Gasteiger partial charge in [0.25, 0.3) is 15.9 Å². The summed E-state index contributed by atoms with van der Waals surface area (Å²) in [5.74, 6) is -0.118. The average Bonchev–Trinajstić information content (AvgIpc) is 3.29. The molecule has 0 bridgehead atoms. The van der Waals surface area contributed by atoms with Gasteiger partial charge in [-0.05, 0) is 73.9 Å². The number of carbonyl (C=O) groups is 1. The molecule has 40 heavy (non-hydrogen) atoms. The van der Waals surface area contributed by atoms with Crippen molar-refractivity contribution in [3.05, 3.63) is 95.5 Å². The van der Waals surface area contributed by atoms with E-state index in [9.17, 15) is 13.2 Å². The van der Waals surface area contributed by atoms with Crippen LogP contribution in [-0.2, 0) is 27.8 Å². The van der Waals surface area contributed by atoms with Gasteiger partial charge in [0, 0.05) is 40.6 Å². The summed E-state index contributed by atoms with van der Waals surface area (Å²) in [4.78, 5) is 12.8. The average molecular weight is 574 g/mol. The van der Waals surface area contributed by atoms with Crippen LogP contribution in [0.1, 0.15) is 18.9 Å². The van der Waals surface area contributed by atoms with Crippen LogP contribution in [0.25, 0.3) is 21.8 Å². The molecular weight excluding hydrogens is 546 g/mol. The van der Waals surface area contributed by atoms with Crippen LogP contribution in [0.3, 0.4) is 0 Å². The van der Waals surface area contributed by atoms with Gasteiger partial charge in [-0.1, -0.05) is 48.0 Å². The summed E-state index contributed by atoms with van der Waals surface area (Å²) >= 11 is 6.41. The first-order valence-corrected chi connectivity index (χ1v) is 15.0. The summed E-state index contributed by atoms with van der Waals surface area (Å²) in [5, 5.41) is 5.19. The van der Waals surface area contributed by atoms with Gasteiger partial charge in [0.15, 0.2) is 6.61 Å². The molecule has 7 nitrogen and oxygen atoms in total. The highest BCUT2D eigenvalue weighted by Crippen LogP contribution is 2.35. The molecule has 0 fully saturated rings. The normalized spacial score (nSPS) is 13.4. The second-order valence-electron chi connectivity index (χ2n) is 9.73. The molecular formula is C31H28ClN3O4S. The van der Waals surface area contributed by atoms with Crippen molar-refractivity contribution in [3.8, 4) is 5.75 Å². The summed E-state index contributed by atoms with van der Waals surface area (Å²) < 4.78 is 36.2. The number of nitrogens with zero attached hydrogens (tertiary/aromatic N) is 2. The second-order valence-corrected chi connectivity index (χ2v) is 12.0. The third-order valence-electron chi connectivity index (χ3n) is 7.29. The van der Waals surface area contributed by atoms with Crippen molar-refractivity contribution in [2.75, 3.05) is 22.8 Å². The van der Waals surface area contributed by atoms with Gasteiger partial charge in [0.05, 0.1) is 15.6 Å². The molecule has 2 heterocycles. The molecule has 1 N–H and O–H groups in total. The first-order chi connectivity index (χ1) is 19.4. The largest absolute Gasteiger partial charge is 0.482 e. The number of benzene rings is 4.